The van der Waals surface area contributed by atoms with Gasteiger partial charge in [0, 0.05) is 13.0 Å². The largest absolute Gasteiger partial charge is 0.449 e. The Balaban J connectivity index is 2.18. The van der Waals surface area contributed by atoms with Crippen molar-refractivity contribution in [3.63, 3.8) is 0 Å². The van der Waals surface area contributed by atoms with Gasteiger partial charge in [-0.15, -0.1) is 0 Å². The van der Waals surface area contributed by atoms with Crippen LogP contribution in [0.3, 0.4) is 0 Å². The minimum Gasteiger partial charge on any atom is -0.449 e. The summed E-state index contributed by atoms with van der Waals surface area (Å²) in [6.45, 7) is 5.91. The van der Waals surface area contributed by atoms with Crippen LogP contribution in [0.15, 0.2) is 16.9 Å². The molecule has 0 radical (unpaired) electrons. The molecule has 1 aromatic heterocycles. The molecule has 0 aromatic carbocycles. The predicted molar refractivity (Wildman–Crippen MR) is 54.4 cm³/mol. The lowest BCUT2D eigenvalue weighted by Gasteiger charge is -2.19. The second-order valence-electron chi connectivity index (χ2n) is 4.10. The van der Waals surface area contributed by atoms with E-state index >= 15 is 0 Å². The van der Waals surface area contributed by atoms with Gasteiger partial charge in [-0.1, -0.05) is 0 Å². The fourth-order valence-electron chi connectivity index (χ4n) is 0.962. The quantitative estimate of drug-likeness (QED) is 0.828. The molecule has 0 unspecified atom stereocenters. The lowest BCUT2D eigenvalue weighted by molar-refractivity contribution is 0.0528. The van der Waals surface area contributed by atoms with Crippen LogP contribution in [-0.2, 0) is 11.2 Å². The standard InChI is InChI=1S/C10H16N2O3/c1-10(2,3)15-9(13)12-5-4-8-11-6-7-14-8/h6-7H,4-5H2,1-3H3,(H,12,13). The minimum absolute atomic E-state index is 0.422. The molecule has 84 valence electrons. The van der Waals surface area contributed by atoms with Crippen molar-refractivity contribution in [1.82, 2.24) is 10.3 Å². The van der Waals surface area contributed by atoms with E-state index < -0.39 is 11.7 Å². The average molecular weight is 212 g/mol. The van der Waals surface area contributed by atoms with Gasteiger partial charge in [-0.3, -0.25) is 0 Å². The number of carbonyl (C=O) groups is 1. The van der Waals surface area contributed by atoms with Gasteiger partial charge in [0.25, 0.3) is 0 Å². The van der Waals surface area contributed by atoms with E-state index in [-0.39, 0.29) is 0 Å². The summed E-state index contributed by atoms with van der Waals surface area (Å²) in [5.41, 5.74) is -0.465. The summed E-state index contributed by atoms with van der Waals surface area (Å²) in [5.74, 6) is 0.603. The van der Waals surface area contributed by atoms with Gasteiger partial charge in [0.15, 0.2) is 5.89 Å². The fraction of sp³-hybridized carbons (Fsp3) is 0.600. The van der Waals surface area contributed by atoms with Crippen molar-refractivity contribution in [3.05, 3.63) is 18.4 Å². The molecule has 0 saturated heterocycles. The maximum absolute atomic E-state index is 11.2. The van der Waals surface area contributed by atoms with E-state index in [9.17, 15) is 4.79 Å². The number of ether oxygens (including phenoxy) is 1. The number of aromatic nitrogens is 1. The molecule has 0 saturated carbocycles. The van der Waals surface area contributed by atoms with Crippen molar-refractivity contribution >= 4 is 6.09 Å². The maximum Gasteiger partial charge on any atom is 0.407 e. The third-order valence-corrected chi connectivity index (χ3v) is 1.49. The number of nitrogens with one attached hydrogen (secondary N) is 1. The second-order valence-corrected chi connectivity index (χ2v) is 4.10. The molecule has 5 nitrogen and oxygen atoms in total. The van der Waals surface area contributed by atoms with Crippen molar-refractivity contribution < 1.29 is 13.9 Å². The number of amides is 1. The fourth-order valence-corrected chi connectivity index (χ4v) is 0.962. The van der Waals surface area contributed by atoms with Crippen LogP contribution in [0.4, 0.5) is 4.79 Å². The summed E-state index contributed by atoms with van der Waals surface area (Å²) in [5, 5.41) is 2.62. The molecule has 1 amide bonds. The van der Waals surface area contributed by atoms with Crippen molar-refractivity contribution in [1.29, 1.82) is 0 Å². The highest BCUT2D eigenvalue weighted by atomic mass is 16.6. The Labute approximate surface area is 88.8 Å². The van der Waals surface area contributed by atoms with E-state index in [0.717, 1.165) is 0 Å². The van der Waals surface area contributed by atoms with Gasteiger partial charge < -0.3 is 14.5 Å². The summed E-state index contributed by atoms with van der Waals surface area (Å²) in [6.07, 6.45) is 3.21. The summed E-state index contributed by atoms with van der Waals surface area (Å²) in [4.78, 5) is 15.1. The van der Waals surface area contributed by atoms with Gasteiger partial charge in [0.1, 0.15) is 11.9 Å². The van der Waals surface area contributed by atoms with Gasteiger partial charge in [-0.05, 0) is 20.8 Å². The van der Waals surface area contributed by atoms with E-state index in [2.05, 4.69) is 10.3 Å². The topological polar surface area (TPSA) is 64.4 Å². The van der Waals surface area contributed by atoms with Crippen LogP contribution in [0.5, 0.6) is 0 Å². The zero-order chi connectivity index (χ0) is 11.3. The van der Waals surface area contributed by atoms with Crippen molar-refractivity contribution in [2.75, 3.05) is 6.54 Å². The highest BCUT2D eigenvalue weighted by Crippen LogP contribution is 2.06. The molecule has 15 heavy (non-hydrogen) atoms. The lowest BCUT2D eigenvalue weighted by Crippen LogP contribution is -2.33. The van der Waals surface area contributed by atoms with Gasteiger partial charge in [-0.25, -0.2) is 9.78 Å². The molecular weight excluding hydrogens is 196 g/mol. The molecule has 1 heterocycles. The molecule has 1 N–H and O–H groups in total. The molecule has 0 atom stereocenters. The number of hydrogen-bond acceptors (Lipinski definition) is 4. The SMILES string of the molecule is CC(C)(C)OC(=O)NCCc1ncco1. The highest BCUT2D eigenvalue weighted by molar-refractivity contribution is 5.67. The minimum atomic E-state index is -0.465. The van der Waals surface area contributed by atoms with Crippen molar-refractivity contribution in [2.45, 2.75) is 32.8 Å². The second kappa shape index (κ2) is 4.82. The van der Waals surface area contributed by atoms with E-state index in [1.165, 1.54) is 6.26 Å². The summed E-state index contributed by atoms with van der Waals surface area (Å²) < 4.78 is 10.1. The number of alkyl carbamates (subject to hydrolysis) is 1. The van der Waals surface area contributed by atoms with Crippen molar-refractivity contribution in [3.8, 4) is 0 Å². The zero-order valence-electron chi connectivity index (χ0n) is 9.24. The molecule has 0 aliphatic rings. The maximum atomic E-state index is 11.2. The Bertz CT molecular complexity index is 301. The molecule has 0 spiro atoms. The third kappa shape index (κ3) is 5.05. The van der Waals surface area contributed by atoms with Gasteiger partial charge >= 0.3 is 6.09 Å². The van der Waals surface area contributed by atoms with Gasteiger partial charge in [0.05, 0.1) is 6.20 Å². The Kier molecular flexibility index (Phi) is 3.71. The highest BCUT2D eigenvalue weighted by Gasteiger charge is 2.15. The summed E-state index contributed by atoms with van der Waals surface area (Å²) >= 11 is 0. The zero-order valence-corrected chi connectivity index (χ0v) is 9.24. The van der Waals surface area contributed by atoms with Gasteiger partial charge in [0.2, 0.25) is 0 Å². The smallest absolute Gasteiger partial charge is 0.407 e. The van der Waals surface area contributed by atoms with Crippen molar-refractivity contribution in [2.24, 2.45) is 0 Å². The normalized spacial score (nSPS) is 11.1. The van der Waals surface area contributed by atoms with Crippen LogP contribution in [0, 0.1) is 0 Å². The molecule has 0 aliphatic heterocycles. The van der Waals surface area contributed by atoms with Crippen LogP contribution in [-0.4, -0.2) is 23.2 Å². The number of oxazole rings is 1. The Hall–Kier alpha value is -1.52. The lowest BCUT2D eigenvalue weighted by atomic mass is 10.2. The monoisotopic (exact) mass is 212 g/mol. The number of carbonyl (C=O) groups excluding carboxylic acids is 1. The van der Waals surface area contributed by atoms with Crippen LogP contribution in [0.2, 0.25) is 0 Å². The van der Waals surface area contributed by atoms with E-state index in [4.69, 9.17) is 9.15 Å². The molecular formula is C10H16N2O3. The molecule has 5 heteroatoms. The molecule has 1 aromatic rings. The Morgan fingerprint density at radius 3 is 2.87 bits per heavy atom. The first kappa shape index (κ1) is 11.6. The number of nitrogens with zero attached hydrogens (tertiary/aromatic N) is 1. The first-order chi connectivity index (χ1) is 6.97. The predicted octanol–water partition coefficient (Wildman–Crippen LogP) is 1.74. The molecule has 0 aliphatic carbocycles. The summed E-state index contributed by atoms with van der Waals surface area (Å²) in [7, 11) is 0. The molecule has 0 fully saturated rings. The van der Waals surface area contributed by atoms with Gasteiger partial charge in [-0.2, -0.15) is 0 Å². The average Bonchev–Trinajstić information content (AvgIpc) is 2.53. The van der Waals surface area contributed by atoms with Crippen LogP contribution in [0.1, 0.15) is 26.7 Å². The van der Waals surface area contributed by atoms with Crippen LogP contribution < -0.4 is 5.32 Å². The first-order valence-electron chi connectivity index (χ1n) is 4.82. The van der Waals surface area contributed by atoms with Crippen LogP contribution in [0.25, 0.3) is 0 Å². The number of hydrogen-bond donors (Lipinski definition) is 1. The van der Waals surface area contributed by atoms with E-state index in [1.54, 1.807) is 6.20 Å². The van der Waals surface area contributed by atoms with E-state index in [1.807, 2.05) is 20.8 Å². The first-order valence-corrected chi connectivity index (χ1v) is 4.82. The Morgan fingerprint density at radius 1 is 1.60 bits per heavy atom. The Morgan fingerprint density at radius 2 is 2.33 bits per heavy atom. The summed E-state index contributed by atoms with van der Waals surface area (Å²) in [6, 6.07) is 0. The molecule has 1 rings (SSSR count). The van der Waals surface area contributed by atoms with Crippen LogP contribution >= 0.6 is 0 Å². The number of rotatable bonds is 3. The third-order valence-electron chi connectivity index (χ3n) is 1.49. The molecule has 0 bridgehead atoms. The van der Waals surface area contributed by atoms with E-state index in [0.29, 0.717) is 18.9 Å².